The van der Waals surface area contributed by atoms with Crippen molar-refractivity contribution >= 4 is 11.8 Å². The fourth-order valence-corrected chi connectivity index (χ4v) is 5.27. The predicted molar refractivity (Wildman–Crippen MR) is 78.2 cm³/mol. The molecule has 2 aliphatic heterocycles. The van der Waals surface area contributed by atoms with E-state index in [1.165, 1.54) is 62.9 Å². The maximum Gasteiger partial charge on any atom is 0.0925 e. The van der Waals surface area contributed by atoms with Gasteiger partial charge in [-0.2, -0.15) is 11.8 Å². The van der Waals surface area contributed by atoms with Crippen molar-refractivity contribution in [2.24, 2.45) is 5.92 Å². The highest BCUT2D eigenvalue weighted by molar-refractivity contribution is 7.99. The first-order chi connectivity index (χ1) is 8.89. The van der Waals surface area contributed by atoms with Crippen LogP contribution in [0.15, 0.2) is 0 Å². The fourth-order valence-electron chi connectivity index (χ4n) is 4.01. The lowest BCUT2D eigenvalue weighted by molar-refractivity contribution is -0.0930. The van der Waals surface area contributed by atoms with Crippen LogP contribution in [0.3, 0.4) is 0 Å². The van der Waals surface area contributed by atoms with Gasteiger partial charge >= 0.3 is 0 Å². The zero-order valence-corrected chi connectivity index (χ0v) is 12.3. The van der Waals surface area contributed by atoms with Crippen LogP contribution in [0.4, 0.5) is 0 Å². The first-order valence-electron chi connectivity index (χ1n) is 7.84. The van der Waals surface area contributed by atoms with Crippen LogP contribution in [0.1, 0.15) is 51.4 Å². The molecule has 2 atom stereocenters. The lowest BCUT2D eigenvalue weighted by Gasteiger charge is -2.48. The Balaban J connectivity index is 1.63. The molecule has 0 bridgehead atoms. The number of nitrogens with one attached hydrogen (secondary N) is 1. The van der Waals surface area contributed by atoms with Crippen molar-refractivity contribution in [1.29, 1.82) is 0 Å². The Morgan fingerprint density at radius 2 is 2.06 bits per heavy atom. The minimum Gasteiger partial charge on any atom is -0.371 e. The number of hydrogen-bond acceptors (Lipinski definition) is 3. The van der Waals surface area contributed by atoms with Crippen molar-refractivity contribution in [3.05, 3.63) is 0 Å². The van der Waals surface area contributed by atoms with Gasteiger partial charge in [0.2, 0.25) is 0 Å². The second kappa shape index (κ2) is 6.15. The van der Waals surface area contributed by atoms with Crippen molar-refractivity contribution in [3.63, 3.8) is 0 Å². The summed E-state index contributed by atoms with van der Waals surface area (Å²) in [5.41, 5.74) is 0.179. The summed E-state index contributed by atoms with van der Waals surface area (Å²) in [6.07, 6.45) is 11.3. The van der Waals surface area contributed by atoms with Crippen LogP contribution in [0.5, 0.6) is 0 Å². The molecule has 0 radical (unpaired) electrons. The number of hydrogen-bond donors (Lipinski definition) is 1. The standard InChI is InChI=1S/C15H27NOS/c1-2-5-13(6-3-1)11-14-15(17-9-8-16-14)7-4-10-18-12-15/h13-14,16H,1-12H2. The highest BCUT2D eigenvalue weighted by Crippen LogP contribution is 2.38. The van der Waals surface area contributed by atoms with Crippen LogP contribution >= 0.6 is 11.8 Å². The van der Waals surface area contributed by atoms with E-state index >= 15 is 0 Å². The Hall–Kier alpha value is 0.270. The van der Waals surface area contributed by atoms with Gasteiger partial charge in [-0.15, -0.1) is 0 Å². The molecule has 0 aromatic carbocycles. The van der Waals surface area contributed by atoms with E-state index in [2.05, 4.69) is 17.1 Å². The molecule has 3 fully saturated rings. The van der Waals surface area contributed by atoms with E-state index in [1.807, 2.05) is 0 Å². The first-order valence-corrected chi connectivity index (χ1v) is 9.00. The summed E-state index contributed by atoms with van der Waals surface area (Å²) in [4.78, 5) is 0. The number of rotatable bonds is 2. The van der Waals surface area contributed by atoms with Gasteiger partial charge in [0.1, 0.15) is 0 Å². The van der Waals surface area contributed by atoms with Crippen molar-refractivity contribution in [2.75, 3.05) is 24.7 Å². The van der Waals surface area contributed by atoms with Crippen LogP contribution < -0.4 is 5.32 Å². The number of thioether (sulfide) groups is 1. The number of morpholine rings is 1. The number of ether oxygens (including phenoxy) is 1. The smallest absolute Gasteiger partial charge is 0.0925 e. The Bertz CT molecular complexity index is 251. The Morgan fingerprint density at radius 3 is 2.83 bits per heavy atom. The van der Waals surface area contributed by atoms with Crippen LogP contribution in [0.2, 0.25) is 0 Å². The van der Waals surface area contributed by atoms with Gasteiger partial charge in [-0.05, 0) is 30.9 Å². The molecule has 2 unspecified atom stereocenters. The van der Waals surface area contributed by atoms with Gasteiger partial charge < -0.3 is 10.1 Å². The summed E-state index contributed by atoms with van der Waals surface area (Å²) in [6.45, 7) is 1.98. The fraction of sp³-hybridized carbons (Fsp3) is 1.00. The van der Waals surface area contributed by atoms with Gasteiger partial charge in [0.25, 0.3) is 0 Å². The summed E-state index contributed by atoms with van der Waals surface area (Å²) in [5.74, 6) is 3.51. The molecule has 0 aromatic heterocycles. The van der Waals surface area contributed by atoms with Crippen molar-refractivity contribution < 1.29 is 4.74 Å². The topological polar surface area (TPSA) is 21.3 Å². The molecule has 3 heteroatoms. The molecule has 2 saturated heterocycles. The average molecular weight is 269 g/mol. The molecular formula is C15H27NOS. The Morgan fingerprint density at radius 1 is 1.17 bits per heavy atom. The third-order valence-electron chi connectivity index (χ3n) is 5.05. The van der Waals surface area contributed by atoms with Crippen molar-refractivity contribution in [1.82, 2.24) is 5.32 Å². The molecule has 3 rings (SSSR count). The monoisotopic (exact) mass is 269 g/mol. The molecule has 2 nitrogen and oxygen atoms in total. The first kappa shape index (κ1) is 13.3. The van der Waals surface area contributed by atoms with E-state index in [-0.39, 0.29) is 5.60 Å². The predicted octanol–water partition coefficient (Wildman–Crippen LogP) is 3.21. The van der Waals surface area contributed by atoms with Gasteiger partial charge in [-0.25, -0.2) is 0 Å². The maximum atomic E-state index is 6.28. The molecular weight excluding hydrogens is 242 g/mol. The molecule has 1 spiro atoms. The highest BCUT2D eigenvalue weighted by atomic mass is 32.2. The quantitative estimate of drug-likeness (QED) is 0.832. The third kappa shape index (κ3) is 2.88. The molecule has 1 aliphatic carbocycles. The Labute approximate surface area is 116 Å². The lowest BCUT2D eigenvalue weighted by atomic mass is 9.78. The SMILES string of the molecule is C1CCC(CC2NCCOC23CCCSC3)CC1. The molecule has 1 N–H and O–H groups in total. The lowest BCUT2D eigenvalue weighted by Crippen LogP contribution is -2.61. The van der Waals surface area contributed by atoms with E-state index in [0.29, 0.717) is 6.04 Å². The molecule has 3 aliphatic rings. The maximum absolute atomic E-state index is 6.28. The molecule has 104 valence electrons. The highest BCUT2D eigenvalue weighted by Gasteiger charge is 2.43. The van der Waals surface area contributed by atoms with Gasteiger partial charge in [-0.1, -0.05) is 32.1 Å². The molecule has 2 heterocycles. The zero-order chi connectivity index (χ0) is 12.3. The van der Waals surface area contributed by atoms with Crippen LogP contribution in [-0.4, -0.2) is 36.3 Å². The van der Waals surface area contributed by atoms with Gasteiger partial charge in [-0.3, -0.25) is 0 Å². The van der Waals surface area contributed by atoms with Gasteiger partial charge in [0, 0.05) is 18.3 Å². The molecule has 1 saturated carbocycles. The van der Waals surface area contributed by atoms with Crippen LogP contribution in [0.25, 0.3) is 0 Å². The molecule has 0 amide bonds. The third-order valence-corrected chi connectivity index (χ3v) is 6.32. The van der Waals surface area contributed by atoms with E-state index in [0.717, 1.165) is 19.1 Å². The van der Waals surface area contributed by atoms with Gasteiger partial charge in [0.05, 0.1) is 12.2 Å². The minimum absolute atomic E-state index is 0.179. The van der Waals surface area contributed by atoms with Gasteiger partial charge in [0.15, 0.2) is 0 Å². The second-order valence-electron chi connectivity index (χ2n) is 6.32. The average Bonchev–Trinajstić information content (AvgIpc) is 2.44. The van der Waals surface area contributed by atoms with Crippen LogP contribution in [-0.2, 0) is 4.74 Å². The summed E-state index contributed by atoms with van der Waals surface area (Å²) in [5, 5.41) is 3.79. The van der Waals surface area contributed by atoms with E-state index in [9.17, 15) is 0 Å². The summed E-state index contributed by atoms with van der Waals surface area (Å²) in [6, 6.07) is 0.627. The van der Waals surface area contributed by atoms with E-state index in [4.69, 9.17) is 4.74 Å². The normalized spacial score (nSPS) is 39.0. The van der Waals surface area contributed by atoms with Crippen molar-refractivity contribution in [2.45, 2.75) is 63.0 Å². The largest absolute Gasteiger partial charge is 0.371 e. The minimum atomic E-state index is 0.179. The second-order valence-corrected chi connectivity index (χ2v) is 7.42. The van der Waals surface area contributed by atoms with Crippen LogP contribution in [0, 0.1) is 5.92 Å². The Kier molecular flexibility index (Phi) is 4.53. The summed E-state index contributed by atoms with van der Waals surface area (Å²) in [7, 11) is 0. The van der Waals surface area contributed by atoms with Crippen molar-refractivity contribution in [3.8, 4) is 0 Å². The molecule has 0 aromatic rings. The zero-order valence-electron chi connectivity index (χ0n) is 11.5. The van der Waals surface area contributed by atoms with E-state index in [1.54, 1.807) is 0 Å². The molecule has 18 heavy (non-hydrogen) atoms. The van der Waals surface area contributed by atoms with E-state index < -0.39 is 0 Å². The summed E-state index contributed by atoms with van der Waals surface area (Å²) >= 11 is 2.10. The summed E-state index contributed by atoms with van der Waals surface area (Å²) < 4.78 is 6.28.